The lowest BCUT2D eigenvalue weighted by Crippen LogP contribution is -2.33. The summed E-state index contributed by atoms with van der Waals surface area (Å²) in [7, 11) is 0. The number of aromatic nitrogens is 1. The van der Waals surface area contributed by atoms with Gasteiger partial charge in [-0.1, -0.05) is 0 Å². The van der Waals surface area contributed by atoms with Crippen LogP contribution in [-0.2, 0) is 16.1 Å². The van der Waals surface area contributed by atoms with Crippen LogP contribution in [0, 0.1) is 11.7 Å². The number of rotatable bonds is 4. The van der Waals surface area contributed by atoms with Crippen molar-refractivity contribution in [2.45, 2.75) is 6.54 Å². The van der Waals surface area contributed by atoms with E-state index >= 15 is 0 Å². The topological polar surface area (TPSA) is 62.7 Å². The zero-order valence-electron chi connectivity index (χ0n) is 12.4. The Kier molecular flexibility index (Phi) is 5.00. The molecule has 0 bridgehead atoms. The second-order valence-electron chi connectivity index (χ2n) is 5.48. The van der Waals surface area contributed by atoms with Crippen molar-refractivity contribution in [1.82, 2.24) is 9.88 Å². The standard InChI is InChI=1S/C16H17FN2O3S/c17-13-3-1-11(2-4-13)14-10-23-15(18-14)8-19-5-6-22-9-12(7-19)16(20)21/h1-4,10,12H,5-9H2,(H,20,21). The van der Waals surface area contributed by atoms with Crippen LogP contribution in [-0.4, -0.2) is 47.3 Å². The minimum absolute atomic E-state index is 0.254. The normalized spacial score (nSPS) is 19.4. The van der Waals surface area contributed by atoms with Crippen LogP contribution >= 0.6 is 11.3 Å². The fourth-order valence-electron chi connectivity index (χ4n) is 2.50. The maximum absolute atomic E-state index is 13.0. The van der Waals surface area contributed by atoms with E-state index in [0.29, 0.717) is 26.2 Å². The Hall–Kier alpha value is -1.83. The lowest BCUT2D eigenvalue weighted by Gasteiger charge is -2.19. The summed E-state index contributed by atoms with van der Waals surface area (Å²) in [5.74, 6) is -1.61. The lowest BCUT2D eigenvalue weighted by molar-refractivity contribution is -0.143. The Balaban J connectivity index is 1.68. The van der Waals surface area contributed by atoms with Crippen molar-refractivity contribution in [1.29, 1.82) is 0 Å². The first kappa shape index (κ1) is 16.0. The monoisotopic (exact) mass is 336 g/mol. The first-order valence-electron chi connectivity index (χ1n) is 7.35. The maximum Gasteiger partial charge on any atom is 0.310 e. The molecule has 1 aliphatic heterocycles. The van der Waals surface area contributed by atoms with Crippen LogP contribution in [0.1, 0.15) is 5.01 Å². The maximum atomic E-state index is 13.0. The Morgan fingerprint density at radius 2 is 2.22 bits per heavy atom. The number of aliphatic carboxylic acids is 1. The third kappa shape index (κ3) is 4.13. The van der Waals surface area contributed by atoms with Gasteiger partial charge in [-0.2, -0.15) is 0 Å². The molecule has 1 aromatic carbocycles. The molecule has 122 valence electrons. The molecule has 0 saturated carbocycles. The molecule has 1 saturated heterocycles. The average Bonchev–Trinajstić information content (AvgIpc) is 2.85. The molecule has 2 heterocycles. The van der Waals surface area contributed by atoms with Crippen LogP contribution in [0.15, 0.2) is 29.6 Å². The molecule has 1 fully saturated rings. The van der Waals surface area contributed by atoms with E-state index in [9.17, 15) is 14.3 Å². The zero-order chi connectivity index (χ0) is 16.2. The fraction of sp³-hybridized carbons (Fsp3) is 0.375. The zero-order valence-corrected chi connectivity index (χ0v) is 13.3. The van der Waals surface area contributed by atoms with Gasteiger partial charge in [0.25, 0.3) is 0 Å². The number of benzene rings is 1. The number of hydrogen-bond donors (Lipinski definition) is 1. The number of carbonyl (C=O) groups is 1. The van der Waals surface area contributed by atoms with Gasteiger partial charge in [0.15, 0.2) is 0 Å². The van der Waals surface area contributed by atoms with Gasteiger partial charge in [-0.15, -0.1) is 11.3 Å². The molecule has 0 spiro atoms. The molecule has 23 heavy (non-hydrogen) atoms. The van der Waals surface area contributed by atoms with Gasteiger partial charge in [-0.3, -0.25) is 9.69 Å². The number of halogens is 1. The highest BCUT2D eigenvalue weighted by Crippen LogP contribution is 2.23. The molecule has 2 aromatic rings. The van der Waals surface area contributed by atoms with Gasteiger partial charge >= 0.3 is 5.97 Å². The Morgan fingerprint density at radius 3 is 2.96 bits per heavy atom. The lowest BCUT2D eigenvalue weighted by atomic mass is 10.1. The van der Waals surface area contributed by atoms with Gasteiger partial charge in [0.1, 0.15) is 10.8 Å². The van der Waals surface area contributed by atoms with E-state index in [1.807, 2.05) is 5.38 Å². The van der Waals surface area contributed by atoms with Crippen molar-refractivity contribution in [3.8, 4) is 11.3 Å². The minimum atomic E-state index is -0.831. The van der Waals surface area contributed by atoms with Gasteiger partial charge in [0.2, 0.25) is 0 Å². The summed E-state index contributed by atoms with van der Waals surface area (Å²) in [5, 5.41) is 12.0. The molecular formula is C16H17FN2O3S. The van der Waals surface area contributed by atoms with Crippen molar-refractivity contribution in [2.24, 2.45) is 5.92 Å². The summed E-state index contributed by atoms with van der Waals surface area (Å²) in [5.41, 5.74) is 1.68. The van der Waals surface area contributed by atoms with E-state index < -0.39 is 11.9 Å². The molecule has 0 radical (unpaired) electrons. The highest BCUT2D eigenvalue weighted by molar-refractivity contribution is 7.09. The van der Waals surface area contributed by atoms with Crippen LogP contribution in [0.5, 0.6) is 0 Å². The van der Waals surface area contributed by atoms with Gasteiger partial charge in [0.05, 0.1) is 31.4 Å². The molecule has 1 aliphatic rings. The molecule has 7 heteroatoms. The van der Waals surface area contributed by atoms with Crippen LogP contribution < -0.4 is 0 Å². The fourth-order valence-corrected chi connectivity index (χ4v) is 3.34. The molecule has 5 nitrogen and oxygen atoms in total. The van der Waals surface area contributed by atoms with Crippen molar-refractivity contribution in [2.75, 3.05) is 26.3 Å². The summed E-state index contributed by atoms with van der Waals surface area (Å²) >= 11 is 1.52. The first-order chi connectivity index (χ1) is 11.1. The van der Waals surface area contributed by atoms with E-state index in [-0.39, 0.29) is 12.4 Å². The SMILES string of the molecule is O=C(O)C1COCCN(Cc2nc(-c3ccc(F)cc3)cs2)C1. The predicted octanol–water partition coefficient (Wildman–Crippen LogP) is 2.48. The highest BCUT2D eigenvalue weighted by atomic mass is 32.1. The van der Waals surface area contributed by atoms with Gasteiger partial charge < -0.3 is 9.84 Å². The van der Waals surface area contributed by atoms with E-state index in [4.69, 9.17) is 4.74 Å². The molecule has 0 amide bonds. The number of nitrogens with zero attached hydrogens (tertiary/aromatic N) is 2. The largest absolute Gasteiger partial charge is 0.481 e. The molecule has 1 N–H and O–H groups in total. The summed E-state index contributed by atoms with van der Waals surface area (Å²) in [6, 6.07) is 6.23. The molecule has 3 rings (SSSR count). The molecule has 0 aliphatic carbocycles. The molecule has 1 atom stereocenters. The number of carboxylic acids is 1. The Labute approximate surface area is 137 Å². The number of ether oxygens (including phenoxy) is 1. The van der Waals surface area contributed by atoms with Gasteiger partial charge in [-0.25, -0.2) is 9.37 Å². The highest BCUT2D eigenvalue weighted by Gasteiger charge is 2.24. The van der Waals surface area contributed by atoms with Crippen molar-refractivity contribution in [3.63, 3.8) is 0 Å². The van der Waals surface area contributed by atoms with E-state index in [1.54, 1.807) is 12.1 Å². The van der Waals surface area contributed by atoms with Crippen LogP contribution in [0.4, 0.5) is 4.39 Å². The number of carboxylic acid groups (broad SMARTS) is 1. The quantitative estimate of drug-likeness (QED) is 0.929. The second-order valence-corrected chi connectivity index (χ2v) is 6.42. The summed E-state index contributed by atoms with van der Waals surface area (Å²) in [6.45, 7) is 2.53. The Morgan fingerprint density at radius 1 is 1.43 bits per heavy atom. The smallest absolute Gasteiger partial charge is 0.310 e. The van der Waals surface area contributed by atoms with Crippen LogP contribution in [0.2, 0.25) is 0 Å². The van der Waals surface area contributed by atoms with Gasteiger partial charge in [-0.05, 0) is 24.3 Å². The minimum Gasteiger partial charge on any atom is -0.481 e. The number of thiazole rings is 1. The van der Waals surface area contributed by atoms with Crippen molar-refractivity contribution >= 4 is 17.3 Å². The second kappa shape index (κ2) is 7.16. The third-order valence-electron chi connectivity index (χ3n) is 3.75. The summed E-state index contributed by atoms with van der Waals surface area (Å²) in [4.78, 5) is 17.8. The average molecular weight is 336 g/mol. The van der Waals surface area contributed by atoms with Crippen molar-refractivity contribution < 1.29 is 19.0 Å². The van der Waals surface area contributed by atoms with Crippen molar-refractivity contribution in [3.05, 3.63) is 40.5 Å². The third-order valence-corrected chi connectivity index (χ3v) is 4.58. The number of hydrogen-bond acceptors (Lipinski definition) is 5. The van der Waals surface area contributed by atoms with Crippen LogP contribution in [0.3, 0.4) is 0 Å². The van der Waals surface area contributed by atoms with Crippen LogP contribution in [0.25, 0.3) is 11.3 Å². The molecular weight excluding hydrogens is 319 g/mol. The van der Waals surface area contributed by atoms with E-state index in [0.717, 1.165) is 16.3 Å². The molecule has 1 aromatic heterocycles. The first-order valence-corrected chi connectivity index (χ1v) is 8.23. The Bertz CT molecular complexity index is 674. The predicted molar refractivity (Wildman–Crippen MR) is 84.7 cm³/mol. The summed E-state index contributed by atoms with van der Waals surface area (Å²) in [6.07, 6.45) is 0. The summed E-state index contributed by atoms with van der Waals surface area (Å²) < 4.78 is 18.3. The molecule has 1 unspecified atom stereocenters. The van der Waals surface area contributed by atoms with E-state index in [2.05, 4.69) is 9.88 Å². The van der Waals surface area contributed by atoms with Gasteiger partial charge in [0, 0.05) is 24.0 Å². The van der Waals surface area contributed by atoms with E-state index in [1.165, 1.54) is 23.5 Å².